The predicted octanol–water partition coefficient (Wildman–Crippen LogP) is 8.37. The van der Waals surface area contributed by atoms with Gasteiger partial charge in [-0.2, -0.15) is 0 Å². The number of aromatic nitrogens is 1. The highest BCUT2D eigenvalue weighted by Crippen LogP contribution is 2.60. The van der Waals surface area contributed by atoms with E-state index in [9.17, 15) is 0 Å². The molecule has 0 saturated carbocycles. The van der Waals surface area contributed by atoms with Crippen molar-refractivity contribution < 1.29 is 4.74 Å². The lowest BCUT2D eigenvalue weighted by Crippen LogP contribution is -2.29. The number of hydrogen-bond donors (Lipinski definition) is 0. The van der Waals surface area contributed by atoms with E-state index in [0.29, 0.717) is 0 Å². The lowest BCUT2D eigenvalue weighted by Gasteiger charge is -2.35. The van der Waals surface area contributed by atoms with E-state index < -0.39 is 5.41 Å². The highest BCUT2D eigenvalue weighted by atomic mass is 16.5. The average Bonchev–Trinajstić information content (AvgIpc) is 3.26. The summed E-state index contributed by atoms with van der Waals surface area (Å²) in [5.74, 6) is 1.80. The highest BCUT2D eigenvalue weighted by Gasteiger charge is 2.48. The number of rotatable bonds is 2. The van der Waals surface area contributed by atoms with E-state index in [-0.39, 0.29) is 0 Å². The molecule has 2 heteroatoms. The number of para-hydroxylation sites is 1. The number of benzene rings is 5. The summed E-state index contributed by atoms with van der Waals surface area (Å²) in [5.41, 5.74) is 9.04. The zero-order chi connectivity index (χ0) is 23.7. The third kappa shape index (κ3) is 2.38. The molecule has 0 radical (unpaired) electrons. The molecule has 1 aromatic heterocycles. The third-order valence-corrected chi connectivity index (χ3v) is 7.78. The van der Waals surface area contributed by atoms with Gasteiger partial charge in [0.15, 0.2) is 0 Å². The van der Waals surface area contributed by atoms with Crippen LogP contribution in [0.4, 0.5) is 0 Å². The van der Waals surface area contributed by atoms with Crippen molar-refractivity contribution in [2.45, 2.75) is 5.41 Å². The molecule has 0 spiro atoms. The zero-order valence-electron chi connectivity index (χ0n) is 19.5. The minimum Gasteiger partial charge on any atom is -0.456 e. The Kier molecular flexibility index (Phi) is 3.90. The number of pyridine rings is 1. The van der Waals surface area contributed by atoms with E-state index in [4.69, 9.17) is 9.72 Å². The molecular weight excluding hydrogens is 438 g/mol. The third-order valence-electron chi connectivity index (χ3n) is 7.78. The largest absolute Gasteiger partial charge is 0.456 e. The quantitative estimate of drug-likeness (QED) is 0.259. The van der Waals surface area contributed by atoms with E-state index >= 15 is 0 Å². The molecule has 2 nitrogen and oxygen atoms in total. The maximum atomic E-state index is 6.45. The van der Waals surface area contributed by atoms with Crippen molar-refractivity contribution in [3.05, 3.63) is 150 Å². The molecule has 168 valence electrons. The molecule has 0 unspecified atom stereocenters. The van der Waals surface area contributed by atoms with Crippen LogP contribution in [-0.2, 0) is 5.41 Å². The van der Waals surface area contributed by atoms with Crippen LogP contribution in [-0.4, -0.2) is 4.98 Å². The maximum absolute atomic E-state index is 6.45. The molecule has 5 aromatic carbocycles. The molecule has 0 amide bonds. The Morgan fingerprint density at radius 1 is 0.556 bits per heavy atom. The SMILES string of the molecule is c1ccc(C2(c3ccccc3)c3cccnc3-c3cc4c5c(cccc5c32)Oc2ccccc2-4)cc1. The van der Waals surface area contributed by atoms with Crippen LogP contribution in [0, 0.1) is 0 Å². The molecule has 0 atom stereocenters. The smallest absolute Gasteiger partial charge is 0.135 e. The first kappa shape index (κ1) is 19.6. The molecule has 0 bridgehead atoms. The van der Waals surface area contributed by atoms with E-state index in [1.54, 1.807) is 0 Å². The second-order valence-corrected chi connectivity index (χ2v) is 9.51. The van der Waals surface area contributed by atoms with Crippen LogP contribution in [0.15, 0.2) is 128 Å². The van der Waals surface area contributed by atoms with E-state index in [2.05, 4.69) is 115 Å². The summed E-state index contributed by atoms with van der Waals surface area (Å²) in [6, 6.07) is 43.2. The summed E-state index contributed by atoms with van der Waals surface area (Å²) in [6.07, 6.45) is 1.91. The van der Waals surface area contributed by atoms with Crippen molar-refractivity contribution in [2.75, 3.05) is 0 Å². The zero-order valence-corrected chi connectivity index (χ0v) is 19.5. The molecule has 1 aliphatic heterocycles. The fraction of sp³-hybridized carbons (Fsp3) is 0.0294. The summed E-state index contributed by atoms with van der Waals surface area (Å²) in [4.78, 5) is 4.99. The van der Waals surface area contributed by atoms with Crippen molar-refractivity contribution in [1.82, 2.24) is 4.98 Å². The fourth-order valence-electron chi connectivity index (χ4n) is 6.44. The Balaban J connectivity index is 1.62. The first-order valence-corrected chi connectivity index (χ1v) is 12.3. The summed E-state index contributed by atoms with van der Waals surface area (Å²) in [5, 5.41) is 2.37. The van der Waals surface area contributed by atoms with Gasteiger partial charge in [0.25, 0.3) is 0 Å². The van der Waals surface area contributed by atoms with Gasteiger partial charge in [-0.3, -0.25) is 4.98 Å². The minimum atomic E-state index is -0.491. The Morgan fingerprint density at radius 3 is 2.03 bits per heavy atom. The van der Waals surface area contributed by atoms with Crippen molar-refractivity contribution in [2.24, 2.45) is 0 Å². The fourth-order valence-corrected chi connectivity index (χ4v) is 6.44. The molecule has 2 heterocycles. The summed E-state index contributed by atoms with van der Waals surface area (Å²) in [6.45, 7) is 0. The molecule has 8 rings (SSSR count). The lowest BCUT2D eigenvalue weighted by molar-refractivity contribution is 0.487. The van der Waals surface area contributed by atoms with Crippen LogP contribution in [0.2, 0.25) is 0 Å². The van der Waals surface area contributed by atoms with Gasteiger partial charge in [0, 0.05) is 22.7 Å². The standard InChI is InChI=1S/C34H21NO/c1-3-11-22(12-4-1)34(23-13-5-2-6-14-23)28-17-10-20-35-33(28)27-21-26-24-15-7-8-18-29(24)36-30-19-9-16-25(31(26)30)32(27)34/h1-21H. The molecule has 2 aliphatic rings. The summed E-state index contributed by atoms with van der Waals surface area (Å²) >= 11 is 0. The first-order valence-electron chi connectivity index (χ1n) is 12.3. The average molecular weight is 460 g/mol. The topological polar surface area (TPSA) is 22.1 Å². The van der Waals surface area contributed by atoms with Gasteiger partial charge in [-0.1, -0.05) is 97.1 Å². The maximum Gasteiger partial charge on any atom is 0.135 e. The number of nitrogens with zero attached hydrogens (tertiary/aromatic N) is 1. The van der Waals surface area contributed by atoms with Crippen LogP contribution in [0.1, 0.15) is 22.3 Å². The molecule has 0 fully saturated rings. The molecule has 0 saturated heterocycles. The number of ether oxygens (including phenoxy) is 1. The predicted molar refractivity (Wildman–Crippen MR) is 145 cm³/mol. The van der Waals surface area contributed by atoms with Gasteiger partial charge < -0.3 is 4.74 Å². The molecule has 36 heavy (non-hydrogen) atoms. The molecule has 0 N–H and O–H groups in total. The molecular formula is C34H21NO. The highest BCUT2D eigenvalue weighted by molar-refractivity contribution is 6.11. The van der Waals surface area contributed by atoms with Gasteiger partial charge in [-0.15, -0.1) is 0 Å². The van der Waals surface area contributed by atoms with Gasteiger partial charge in [0.05, 0.1) is 11.1 Å². The van der Waals surface area contributed by atoms with E-state index in [0.717, 1.165) is 22.8 Å². The summed E-state index contributed by atoms with van der Waals surface area (Å²) < 4.78 is 6.45. The number of hydrogen-bond acceptors (Lipinski definition) is 2. The van der Waals surface area contributed by atoms with Crippen molar-refractivity contribution in [1.29, 1.82) is 0 Å². The van der Waals surface area contributed by atoms with Gasteiger partial charge in [0.1, 0.15) is 11.5 Å². The van der Waals surface area contributed by atoms with Crippen LogP contribution >= 0.6 is 0 Å². The van der Waals surface area contributed by atoms with Crippen LogP contribution in [0.5, 0.6) is 11.5 Å². The Morgan fingerprint density at radius 2 is 1.25 bits per heavy atom. The van der Waals surface area contributed by atoms with Crippen molar-refractivity contribution in [3.63, 3.8) is 0 Å². The van der Waals surface area contributed by atoms with Crippen molar-refractivity contribution >= 4 is 10.8 Å². The minimum absolute atomic E-state index is 0.491. The molecule has 1 aliphatic carbocycles. The van der Waals surface area contributed by atoms with Crippen LogP contribution in [0.3, 0.4) is 0 Å². The van der Waals surface area contributed by atoms with Crippen LogP contribution < -0.4 is 4.74 Å². The summed E-state index contributed by atoms with van der Waals surface area (Å²) in [7, 11) is 0. The monoisotopic (exact) mass is 459 g/mol. The van der Waals surface area contributed by atoms with Gasteiger partial charge >= 0.3 is 0 Å². The van der Waals surface area contributed by atoms with E-state index in [1.807, 2.05) is 12.3 Å². The second-order valence-electron chi connectivity index (χ2n) is 9.51. The van der Waals surface area contributed by atoms with E-state index in [1.165, 1.54) is 44.2 Å². The normalized spacial score (nSPS) is 14.0. The Bertz CT molecular complexity index is 1770. The molecule has 6 aromatic rings. The lowest BCUT2D eigenvalue weighted by atomic mass is 9.66. The van der Waals surface area contributed by atoms with Crippen molar-refractivity contribution in [3.8, 4) is 33.9 Å². The first-order chi connectivity index (χ1) is 17.9. The Hall–Kier alpha value is -4.69. The van der Waals surface area contributed by atoms with Crippen LogP contribution in [0.25, 0.3) is 33.2 Å². The Labute approximate surface area is 209 Å². The number of fused-ring (bicyclic) bond motifs is 6. The second kappa shape index (κ2) is 7.16. The van der Waals surface area contributed by atoms with Gasteiger partial charge in [0.2, 0.25) is 0 Å². The van der Waals surface area contributed by atoms with Gasteiger partial charge in [-0.25, -0.2) is 0 Å². The van der Waals surface area contributed by atoms with Gasteiger partial charge in [-0.05, 0) is 57.5 Å².